The van der Waals surface area contributed by atoms with Gasteiger partial charge in [-0.25, -0.2) is 0 Å². The monoisotopic (exact) mass is 260 g/mol. The number of anilines is 1. The van der Waals surface area contributed by atoms with Gasteiger partial charge in [-0.3, -0.25) is 9.59 Å². The molecule has 0 saturated carbocycles. The lowest BCUT2D eigenvalue weighted by molar-refractivity contribution is -0.129. The van der Waals surface area contributed by atoms with Crippen molar-refractivity contribution in [2.75, 3.05) is 18.6 Å². The van der Waals surface area contributed by atoms with Crippen LogP contribution in [0, 0.1) is 0 Å². The van der Waals surface area contributed by atoms with Gasteiger partial charge in [0.15, 0.2) is 0 Å². The van der Waals surface area contributed by atoms with Crippen molar-refractivity contribution in [1.29, 1.82) is 0 Å². The minimum Gasteiger partial charge on any atom is -0.348 e. The van der Waals surface area contributed by atoms with E-state index in [9.17, 15) is 9.59 Å². The smallest absolute Gasteiger partial charge is 0.253 e. The summed E-state index contributed by atoms with van der Waals surface area (Å²) in [7, 11) is 0. The topological polar surface area (TPSA) is 58.6 Å². The fourth-order valence-electron chi connectivity index (χ4n) is 2.47. The second-order valence-electron chi connectivity index (χ2n) is 5.01. The predicted octanol–water partition coefficient (Wildman–Crippen LogP) is 0.928. The Kier molecular flexibility index (Phi) is 2.98. The van der Waals surface area contributed by atoms with Crippen molar-refractivity contribution >= 4 is 17.5 Å². The number of nitrogens with zero attached hydrogens (tertiary/aromatic N) is 1. The molecule has 2 amide bonds. The summed E-state index contributed by atoms with van der Waals surface area (Å²) in [4.78, 5) is 24.7. The van der Waals surface area contributed by atoms with E-state index in [0.717, 1.165) is 23.2 Å². The molecule has 1 N–H and O–H groups in total. The number of hydrogen-bond acceptors (Lipinski definition) is 3. The molecule has 100 valence electrons. The van der Waals surface area contributed by atoms with E-state index in [0.29, 0.717) is 19.7 Å². The number of carbonyl (C=O) groups excluding carboxylic acids is 2. The molecule has 3 rings (SSSR count). The summed E-state index contributed by atoms with van der Waals surface area (Å²) in [5.41, 5.74) is 3.09. The minimum absolute atomic E-state index is 0.0455. The first-order valence-corrected chi connectivity index (χ1v) is 6.45. The number of amides is 2. The van der Waals surface area contributed by atoms with E-state index in [4.69, 9.17) is 4.74 Å². The van der Waals surface area contributed by atoms with E-state index >= 15 is 0 Å². The van der Waals surface area contributed by atoms with Crippen LogP contribution in [0.4, 0.5) is 5.69 Å². The number of fused-ring (bicyclic) bond motifs is 1. The molecule has 1 aromatic rings. The summed E-state index contributed by atoms with van der Waals surface area (Å²) < 4.78 is 5.28. The van der Waals surface area contributed by atoms with Gasteiger partial charge in [-0.05, 0) is 30.5 Å². The lowest BCUT2D eigenvalue weighted by Crippen LogP contribution is -2.30. The first-order valence-electron chi connectivity index (χ1n) is 6.45. The van der Waals surface area contributed by atoms with E-state index in [1.807, 2.05) is 18.2 Å². The number of hydrogen-bond donors (Lipinski definition) is 1. The predicted molar refractivity (Wildman–Crippen MR) is 69.6 cm³/mol. The SMILES string of the molecule is CC1OCN(CCc2ccc3c(c2)CC(=O)N3)C1=O. The Labute approximate surface area is 111 Å². The van der Waals surface area contributed by atoms with E-state index in [1.54, 1.807) is 11.8 Å². The maximum atomic E-state index is 11.7. The Morgan fingerprint density at radius 2 is 2.26 bits per heavy atom. The Morgan fingerprint density at radius 3 is 3.00 bits per heavy atom. The first-order chi connectivity index (χ1) is 9.13. The van der Waals surface area contributed by atoms with Crippen LogP contribution in [0.25, 0.3) is 0 Å². The average Bonchev–Trinajstić information content (AvgIpc) is 2.90. The van der Waals surface area contributed by atoms with Crippen LogP contribution in [0.1, 0.15) is 18.1 Å². The van der Waals surface area contributed by atoms with Gasteiger partial charge < -0.3 is 15.0 Å². The van der Waals surface area contributed by atoms with Crippen molar-refractivity contribution in [2.45, 2.75) is 25.9 Å². The lowest BCUT2D eigenvalue weighted by atomic mass is 10.1. The molecule has 1 fully saturated rings. The summed E-state index contributed by atoms with van der Waals surface area (Å²) in [6.07, 6.45) is 0.914. The van der Waals surface area contributed by atoms with Crippen LogP contribution >= 0.6 is 0 Å². The van der Waals surface area contributed by atoms with Gasteiger partial charge in [-0.2, -0.15) is 0 Å². The van der Waals surface area contributed by atoms with Crippen LogP contribution in [0.15, 0.2) is 18.2 Å². The molecule has 19 heavy (non-hydrogen) atoms. The van der Waals surface area contributed by atoms with Crippen LogP contribution in [0.2, 0.25) is 0 Å². The van der Waals surface area contributed by atoms with Crippen molar-refractivity contribution in [1.82, 2.24) is 4.90 Å². The molecule has 5 nitrogen and oxygen atoms in total. The Balaban J connectivity index is 1.64. The molecule has 2 aliphatic heterocycles. The zero-order valence-electron chi connectivity index (χ0n) is 10.8. The molecular formula is C14H16N2O3. The van der Waals surface area contributed by atoms with E-state index < -0.39 is 0 Å². The highest BCUT2D eigenvalue weighted by Gasteiger charge is 2.28. The fourth-order valence-corrected chi connectivity index (χ4v) is 2.47. The van der Waals surface area contributed by atoms with Gasteiger partial charge in [-0.1, -0.05) is 12.1 Å². The molecule has 1 atom stereocenters. The standard InChI is InChI=1S/C14H16N2O3/c1-9-14(18)16(8-19-9)5-4-10-2-3-12-11(6-10)7-13(17)15-12/h2-3,6,9H,4-5,7-8H2,1H3,(H,15,17). The zero-order valence-corrected chi connectivity index (χ0v) is 10.8. The number of nitrogens with one attached hydrogen (secondary N) is 1. The van der Waals surface area contributed by atoms with Gasteiger partial charge in [0.2, 0.25) is 5.91 Å². The van der Waals surface area contributed by atoms with Gasteiger partial charge in [0.1, 0.15) is 12.8 Å². The quantitative estimate of drug-likeness (QED) is 0.879. The van der Waals surface area contributed by atoms with Crippen LogP contribution < -0.4 is 5.32 Å². The Morgan fingerprint density at radius 1 is 1.42 bits per heavy atom. The number of carbonyl (C=O) groups is 2. The van der Waals surface area contributed by atoms with E-state index in [2.05, 4.69) is 5.32 Å². The van der Waals surface area contributed by atoms with Crippen molar-refractivity contribution < 1.29 is 14.3 Å². The molecule has 0 bridgehead atoms. The maximum absolute atomic E-state index is 11.7. The van der Waals surface area contributed by atoms with Gasteiger partial charge in [-0.15, -0.1) is 0 Å². The van der Waals surface area contributed by atoms with Crippen LogP contribution in [-0.2, 0) is 27.2 Å². The molecule has 1 saturated heterocycles. The highest BCUT2D eigenvalue weighted by atomic mass is 16.5. The molecule has 5 heteroatoms. The van der Waals surface area contributed by atoms with Crippen molar-refractivity contribution in [3.05, 3.63) is 29.3 Å². The molecule has 1 aromatic carbocycles. The van der Waals surface area contributed by atoms with E-state index in [-0.39, 0.29) is 17.9 Å². The van der Waals surface area contributed by atoms with Crippen molar-refractivity contribution in [3.8, 4) is 0 Å². The minimum atomic E-state index is -0.318. The zero-order chi connectivity index (χ0) is 13.4. The third kappa shape index (κ3) is 2.33. The molecule has 2 heterocycles. The highest BCUT2D eigenvalue weighted by molar-refractivity contribution is 5.99. The fraction of sp³-hybridized carbons (Fsp3) is 0.429. The van der Waals surface area contributed by atoms with Gasteiger partial charge >= 0.3 is 0 Å². The molecule has 2 aliphatic rings. The van der Waals surface area contributed by atoms with Gasteiger partial charge in [0, 0.05) is 12.2 Å². The molecule has 1 unspecified atom stereocenters. The van der Waals surface area contributed by atoms with Crippen LogP contribution in [0.3, 0.4) is 0 Å². The summed E-state index contributed by atoms with van der Waals surface area (Å²) in [5, 5.41) is 2.81. The largest absolute Gasteiger partial charge is 0.348 e. The number of rotatable bonds is 3. The molecule has 0 aromatic heterocycles. The first kappa shape index (κ1) is 12.2. The number of benzene rings is 1. The normalized spacial score (nSPS) is 21.7. The molecule has 0 aliphatic carbocycles. The summed E-state index contributed by atoms with van der Waals surface area (Å²) in [6, 6.07) is 5.97. The van der Waals surface area contributed by atoms with E-state index in [1.165, 1.54) is 0 Å². The van der Waals surface area contributed by atoms with Crippen molar-refractivity contribution in [2.24, 2.45) is 0 Å². The number of ether oxygens (including phenoxy) is 1. The van der Waals surface area contributed by atoms with Gasteiger partial charge in [0.05, 0.1) is 6.42 Å². The molecule has 0 spiro atoms. The van der Waals surface area contributed by atoms with Crippen molar-refractivity contribution in [3.63, 3.8) is 0 Å². The van der Waals surface area contributed by atoms with Crippen LogP contribution in [-0.4, -0.2) is 36.1 Å². The summed E-state index contributed by atoms with van der Waals surface area (Å²) in [6.45, 7) is 2.81. The summed E-state index contributed by atoms with van der Waals surface area (Å²) in [5.74, 6) is 0.0992. The highest BCUT2D eigenvalue weighted by Crippen LogP contribution is 2.24. The average molecular weight is 260 g/mol. The summed E-state index contributed by atoms with van der Waals surface area (Å²) >= 11 is 0. The lowest BCUT2D eigenvalue weighted by Gasteiger charge is -2.14. The Bertz CT molecular complexity index is 541. The Hall–Kier alpha value is -1.88. The second-order valence-corrected chi connectivity index (χ2v) is 5.01. The second kappa shape index (κ2) is 4.66. The maximum Gasteiger partial charge on any atom is 0.253 e. The molecular weight excluding hydrogens is 244 g/mol. The molecule has 0 radical (unpaired) electrons. The third-order valence-electron chi connectivity index (χ3n) is 3.60. The third-order valence-corrected chi connectivity index (χ3v) is 3.60. The van der Waals surface area contributed by atoms with Crippen LogP contribution in [0.5, 0.6) is 0 Å². The van der Waals surface area contributed by atoms with Gasteiger partial charge in [0.25, 0.3) is 5.91 Å².